The number of amides is 1. The minimum Gasteiger partial charge on any atom is -0.465 e. The molecule has 1 unspecified atom stereocenters. The van der Waals surface area contributed by atoms with Gasteiger partial charge in [-0.15, -0.1) is 0 Å². The lowest BCUT2D eigenvalue weighted by atomic mass is 10.1. The fraction of sp³-hybridized carbons (Fsp3) is 0.158. The molecule has 0 aliphatic carbocycles. The summed E-state index contributed by atoms with van der Waals surface area (Å²) in [6.45, 7) is 1.45. The summed E-state index contributed by atoms with van der Waals surface area (Å²) in [5, 5.41) is 2.96. The van der Waals surface area contributed by atoms with Crippen LogP contribution in [0.2, 0.25) is 5.02 Å². The number of nitrogens with zero attached hydrogens (tertiary/aromatic N) is 1. The van der Waals surface area contributed by atoms with Crippen LogP contribution in [0.5, 0.6) is 0 Å². The average Bonchev–Trinajstić information content (AvgIpc) is 2.67. The highest BCUT2D eigenvalue weighted by Crippen LogP contribution is 2.11. The van der Waals surface area contributed by atoms with Gasteiger partial charge in [-0.25, -0.2) is 14.6 Å². The number of aromatic nitrogens is 1. The van der Waals surface area contributed by atoms with E-state index in [0.717, 1.165) is 0 Å². The highest BCUT2D eigenvalue weighted by molar-refractivity contribution is 6.30. The summed E-state index contributed by atoms with van der Waals surface area (Å²) in [5.41, 5.74) is 1.08. The molecule has 0 saturated carbocycles. The topological polar surface area (TPSA) is 94.6 Å². The van der Waals surface area contributed by atoms with E-state index in [-0.39, 0.29) is 0 Å². The molecular weight excluding hydrogens is 372 g/mol. The van der Waals surface area contributed by atoms with E-state index in [2.05, 4.69) is 15.0 Å². The Balaban J connectivity index is 1.88. The third-order valence-electron chi connectivity index (χ3n) is 3.38. The number of nitrogens with one attached hydrogen (secondary N) is 1. The third-order valence-corrected chi connectivity index (χ3v) is 3.61. The SMILES string of the molecule is COC(=O)c1ccc(C=CC(=O)OC(C)C(=O)Nc2ccc(Cl)cn2)cc1. The average molecular weight is 389 g/mol. The largest absolute Gasteiger partial charge is 0.465 e. The van der Waals surface area contributed by atoms with Crippen molar-refractivity contribution in [1.29, 1.82) is 0 Å². The van der Waals surface area contributed by atoms with Gasteiger partial charge in [-0.3, -0.25) is 4.79 Å². The van der Waals surface area contributed by atoms with Gasteiger partial charge in [-0.05, 0) is 42.8 Å². The van der Waals surface area contributed by atoms with Crippen LogP contribution < -0.4 is 5.32 Å². The van der Waals surface area contributed by atoms with Gasteiger partial charge in [0.1, 0.15) is 5.82 Å². The highest BCUT2D eigenvalue weighted by atomic mass is 35.5. The first-order chi connectivity index (χ1) is 12.9. The Morgan fingerprint density at radius 3 is 2.44 bits per heavy atom. The summed E-state index contributed by atoms with van der Waals surface area (Å²) >= 11 is 5.72. The molecular formula is C19H17ClN2O5. The second kappa shape index (κ2) is 9.49. The molecule has 0 spiro atoms. The molecule has 0 aliphatic rings. The standard InChI is InChI=1S/C19H17ClN2O5/c1-12(18(24)22-16-9-8-15(20)11-21-16)27-17(23)10-5-13-3-6-14(7-4-13)19(25)26-2/h3-12H,1-2H3,(H,21,22,24). The number of esters is 2. The van der Waals surface area contributed by atoms with Crippen molar-refractivity contribution in [3.05, 3.63) is 64.8 Å². The van der Waals surface area contributed by atoms with E-state index >= 15 is 0 Å². The molecule has 0 bridgehead atoms. The maximum absolute atomic E-state index is 12.0. The Labute approximate surface area is 161 Å². The first-order valence-electron chi connectivity index (χ1n) is 7.88. The molecule has 1 aromatic heterocycles. The van der Waals surface area contributed by atoms with Crippen molar-refractivity contribution >= 4 is 41.3 Å². The van der Waals surface area contributed by atoms with Crippen molar-refractivity contribution in [2.45, 2.75) is 13.0 Å². The van der Waals surface area contributed by atoms with Crippen LogP contribution in [0.4, 0.5) is 5.82 Å². The number of ether oxygens (including phenoxy) is 2. The quantitative estimate of drug-likeness (QED) is 0.603. The van der Waals surface area contributed by atoms with Gasteiger partial charge >= 0.3 is 11.9 Å². The third kappa shape index (κ3) is 6.23. The molecule has 0 fully saturated rings. The Hall–Kier alpha value is -3.19. The predicted molar refractivity (Wildman–Crippen MR) is 100 cm³/mol. The maximum Gasteiger partial charge on any atom is 0.337 e. The number of hydrogen-bond donors (Lipinski definition) is 1. The van der Waals surface area contributed by atoms with E-state index in [0.29, 0.717) is 22.0 Å². The Morgan fingerprint density at radius 2 is 1.85 bits per heavy atom. The molecule has 1 heterocycles. The Bertz CT molecular complexity index is 847. The molecule has 1 amide bonds. The van der Waals surface area contributed by atoms with E-state index in [1.54, 1.807) is 30.3 Å². The fourth-order valence-corrected chi connectivity index (χ4v) is 2.07. The van der Waals surface area contributed by atoms with Crippen LogP contribution in [0.1, 0.15) is 22.8 Å². The molecule has 1 N–H and O–H groups in total. The van der Waals surface area contributed by atoms with Gasteiger partial charge in [0.15, 0.2) is 6.10 Å². The monoisotopic (exact) mass is 388 g/mol. The number of carbonyl (C=O) groups is 3. The lowest BCUT2D eigenvalue weighted by Gasteiger charge is -2.11. The van der Waals surface area contributed by atoms with Crippen LogP contribution in [0, 0.1) is 0 Å². The van der Waals surface area contributed by atoms with Crippen molar-refractivity contribution in [3.63, 3.8) is 0 Å². The second-order valence-corrected chi connectivity index (χ2v) is 5.81. The number of benzene rings is 1. The van der Waals surface area contributed by atoms with Crippen LogP contribution in [0.25, 0.3) is 6.08 Å². The zero-order valence-electron chi connectivity index (χ0n) is 14.6. The van der Waals surface area contributed by atoms with Crippen molar-refractivity contribution < 1.29 is 23.9 Å². The minimum atomic E-state index is -1.01. The van der Waals surface area contributed by atoms with E-state index in [1.807, 2.05) is 0 Å². The van der Waals surface area contributed by atoms with Gasteiger partial charge in [0.25, 0.3) is 5.91 Å². The van der Waals surface area contributed by atoms with Crippen LogP contribution in [-0.2, 0) is 19.1 Å². The summed E-state index contributed by atoms with van der Waals surface area (Å²) in [7, 11) is 1.30. The van der Waals surface area contributed by atoms with Gasteiger partial charge in [0.05, 0.1) is 17.7 Å². The van der Waals surface area contributed by atoms with Gasteiger partial charge in [0, 0.05) is 12.3 Å². The summed E-state index contributed by atoms with van der Waals surface area (Å²) in [4.78, 5) is 39.2. The van der Waals surface area contributed by atoms with E-state index in [9.17, 15) is 14.4 Å². The molecule has 0 radical (unpaired) electrons. The fourth-order valence-electron chi connectivity index (χ4n) is 1.96. The number of halogens is 1. The minimum absolute atomic E-state index is 0.300. The van der Waals surface area contributed by atoms with Gasteiger partial charge < -0.3 is 14.8 Å². The van der Waals surface area contributed by atoms with E-state index in [4.69, 9.17) is 16.3 Å². The predicted octanol–water partition coefficient (Wildman–Crippen LogP) is 3.11. The van der Waals surface area contributed by atoms with Crippen LogP contribution in [-0.4, -0.2) is 36.0 Å². The first-order valence-corrected chi connectivity index (χ1v) is 8.26. The number of methoxy groups -OCH3 is 1. The number of pyridine rings is 1. The second-order valence-electron chi connectivity index (χ2n) is 5.38. The van der Waals surface area contributed by atoms with Crippen molar-refractivity contribution in [3.8, 4) is 0 Å². The van der Waals surface area contributed by atoms with Gasteiger partial charge in [-0.2, -0.15) is 0 Å². The van der Waals surface area contributed by atoms with Crippen LogP contribution in [0.3, 0.4) is 0 Å². The maximum atomic E-state index is 12.0. The lowest BCUT2D eigenvalue weighted by Crippen LogP contribution is -2.29. The first kappa shape index (κ1) is 20.1. The van der Waals surface area contributed by atoms with Crippen molar-refractivity contribution in [1.82, 2.24) is 4.98 Å². The Morgan fingerprint density at radius 1 is 1.15 bits per heavy atom. The van der Waals surface area contributed by atoms with Gasteiger partial charge in [0.2, 0.25) is 0 Å². The zero-order chi connectivity index (χ0) is 19.8. The molecule has 2 rings (SSSR count). The van der Waals surface area contributed by atoms with Crippen LogP contribution >= 0.6 is 11.6 Å². The molecule has 7 nitrogen and oxygen atoms in total. The summed E-state index contributed by atoms with van der Waals surface area (Å²) in [6, 6.07) is 9.57. The molecule has 1 aromatic carbocycles. The number of rotatable bonds is 6. The van der Waals surface area contributed by atoms with Crippen molar-refractivity contribution in [2.24, 2.45) is 0 Å². The molecule has 1 atom stereocenters. The molecule has 0 aliphatic heterocycles. The highest BCUT2D eigenvalue weighted by Gasteiger charge is 2.17. The smallest absolute Gasteiger partial charge is 0.337 e. The summed E-state index contributed by atoms with van der Waals surface area (Å²) in [5.74, 6) is -1.35. The summed E-state index contributed by atoms with van der Waals surface area (Å²) < 4.78 is 9.65. The van der Waals surface area contributed by atoms with E-state index < -0.39 is 23.9 Å². The number of hydrogen-bond acceptors (Lipinski definition) is 6. The lowest BCUT2D eigenvalue weighted by molar-refractivity contribution is -0.148. The molecule has 8 heteroatoms. The normalized spacial score (nSPS) is 11.7. The Kier molecular flexibility index (Phi) is 7.08. The molecule has 0 saturated heterocycles. The number of anilines is 1. The van der Waals surface area contributed by atoms with Gasteiger partial charge in [-0.1, -0.05) is 23.7 Å². The van der Waals surface area contributed by atoms with Crippen LogP contribution in [0.15, 0.2) is 48.7 Å². The molecule has 2 aromatic rings. The summed E-state index contributed by atoms with van der Waals surface area (Å²) in [6.07, 6.45) is 3.08. The molecule has 27 heavy (non-hydrogen) atoms. The number of carbonyl (C=O) groups excluding carboxylic acids is 3. The zero-order valence-corrected chi connectivity index (χ0v) is 15.4. The van der Waals surface area contributed by atoms with E-state index in [1.165, 1.54) is 38.4 Å². The van der Waals surface area contributed by atoms with Crippen molar-refractivity contribution in [2.75, 3.05) is 12.4 Å². The molecule has 140 valence electrons.